The van der Waals surface area contributed by atoms with Gasteiger partial charge >= 0.3 is 0 Å². The van der Waals surface area contributed by atoms with Gasteiger partial charge in [-0.25, -0.2) is 8.78 Å². The number of aromatic nitrogens is 2. The van der Waals surface area contributed by atoms with Crippen LogP contribution in [-0.2, 0) is 0 Å². The Morgan fingerprint density at radius 1 is 0.943 bits per heavy atom. The predicted octanol–water partition coefficient (Wildman–Crippen LogP) is 6.60. The normalized spacial score (nSPS) is 11.9. The minimum atomic E-state index is -0.454. The van der Waals surface area contributed by atoms with Crippen molar-refractivity contribution in [2.75, 3.05) is 10.6 Å². The van der Waals surface area contributed by atoms with E-state index in [1.807, 2.05) is 37.3 Å². The van der Waals surface area contributed by atoms with Gasteiger partial charge in [-0.15, -0.1) is 0 Å². The van der Waals surface area contributed by atoms with Crippen molar-refractivity contribution in [3.8, 4) is 0 Å². The van der Waals surface area contributed by atoms with E-state index in [0.29, 0.717) is 16.9 Å². The Kier molecular flexibility index (Phi) is 5.97. The average molecular weight is 469 g/mol. The van der Waals surface area contributed by atoms with Crippen LogP contribution >= 0.6 is 0 Å². The van der Waals surface area contributed by atoms with Gasteiger partial charge in [-0.2, -0.15) is 0 Å². The van der Waals surface area contributed by atoms with Crippen molar-refractivity contribution in [3.05, 3.63) is 125 Å². The van der Waals surface area contributed by atoms with Crippen LogP contribution in [0.2, 0.25) is 0 Å². The Labute approximate surface area is 200 Å². The van der Waals surface area contributed by atoms with Crippen molar-refractivity contribution in [2.45, 2.75) is 13.0 Å². The minimum absolute atomic E-state index is 0.344. The Hall–Kier alpha value is -4.52. The van der Waals surface area contributed by atoms with E-state index < -0.39 is 11.9 Å². The lowest BCUT2D eigenvalue weighted by Gasteiger charge is -2.21. The molecule has 0 radical (unpaired) electrons. The van der Waals surface area contributed by atoms with Crippen molar-refractivity contribution in [2.24, 2.45) is 0 Å². The summed E-state index contributed by atoms with van der Waals surface area (Å²) in [7, 11) is 0. The van der Waals surface area contributed by atoms with E-state index in [4.69, 9.17) is 0 Å². The molecule has 2 heterocycles. The molecule has 5 nitrogen and oxygen atoms in total. The molecule has 7 heteroatoms. The van der Waals surface area contributed by atoms with E-state index in [1.54, 1.807) is 30.5 Å². The number of para-hydroxylation sites is 1. The van der Waals surface area contributed by atoms with Gasteiger partial charge in [-0.05, 0) is 73.7 Å². The van der Waals surface area contributed by atoms with E-state index in [9.17, 15) is 13.6 Å². The Morgan fingerprint density at radius 3 is 2.46 bits per heavy atom. The predicted molar refractivity (Wildman–Crippen MR) is 133 cm³/mol. The number of nitrogens with zero attached hydrogens (tertiary/aromatic N) is 1. The summed E-state index contributed by atoms with van der Waals surface area (Å²) in [6, 6.07) is 22.6. The first-order chi connectivity index (χ1) is 17.0. The maximum Gasteiger partial charge on any atom is 0.255 e. The number of aromatic amines is 1. The standard InChI is InChI=1S/C28H22F2N4O/c1-17-26(27(25-8-4-5-15-31-25)34-24-7-3-2-6-22(24)30)21-16-20(13-14-23(21)32-17)33-28(35)18-9-11-19(29)12-10-18/h2-16,27,32,34H,1H3,(H,33,35)/t27-/m1/s1. The molecule has 35 heavy (non-hydrogen) atoms. The summed E-state index contributed by atoms with van der Waals surface area (Å²) in [5.74, 6) is -1.11. The fourth-order valence-electron chi connectivity index (χ4n) is 4.18. The first-order valence-electron chi connectivity index (χ1n) is 11.1. The van der Waals surface area contributed by atoms with Gasteiger partial charge in [-0.3, -0.25) is 9.78 Å². The highest BCUT2D eigenvalue weighted by Crippen LogP contribution is 2.35. The van der Waals surface area contributed by atoms with Crippen molar-refractivity contribution >= 4 is 28.2 Å². The molecule has 0 fully saturated rings. The van der Waals surface area contributed by atoms with E-state index in [-0.39, 0.29) is 11.7 Å². The SMILES string of the molecule is Cc1[nH]c2ccc(NC(=O)c3ccc(F)cc3)cc2c1[C@H](Nc1ccccc1F)c1ccccn1. The fraction of sp³-hybridized carbons (Fsp3) is 0.0714. The van der Waals surface area contributed by atoms with Gasteiger partial charge in [0.2, 0.25) is 0 Å². The molecule has 0 bridgehead atoms. The van der Waals surface area contributed by atoms with Gasteiger partial charge in [-0.1, -0.05) is 18.2 Å². The molecule has 0 aliphatic heterocycles. The van der Waals surface area contributed by atoms with Crippen LogP contribution in [0.4, 0.5) is 20.2 Å². The number of hydrogen-bond acceptors (Lipinski definition) is 3. The van der Waals surface area contributed by atoms with Crippen LogP contribution in [0, 0.1) is 18.6 Å². The molecule has 0 saturated carbocycles. The lowest BCUT2D eigenvalue weighted by molar-refractivity contribution is 0.102. The minimum Gasteiger partial charge on any atom is -0.370 e. The largest absolute Gasteiger partial charge is 0.370 e. The molecule has 1 atom stereocenters. The molecule has 0 aliphatic carbocycles. The molecular weight excluding hydrogens is 446 g/mol. The highest BCUT2D eigenvalue weighted by Gasteiger charge is 2.23. The van der Waals surface area contributed by atoms with Gasteiger partial charge in [0.25, 0.3) is 5.91 Å². The number of amides is 1. The number of H-pyrrole nitrogens is 1. The number of nitrogens with one attached hydrogen (secondary N) is 3. The van der Waals surface area contributed by atoms with Gasteiger partial charge in [0.15, 0.2) is 0 Å². The quantitative estimate of drug-likeness (QED) is 0.263. The molecule has 0 aliphatic rings. The maximum absolute atomic E-state index is 14.6. The van der Waals surface area contributed by atoms with Crippen molar-refractivity contribution in [3.63, 3.8) is 0 Å². The monoisotopic (exact) mass is 468 g/mol. The molecule has 3 aromatic carbocycles. The molecule has 5 aromatic rings. The summed E-state index contributed by atoms with van der Waals surface area (Å²) in [6.07, 6.45) is 1.70. The van der Waals surface area contributed by atoms with Crippen LogP contribution in [-0.4, -0.2) is 15.9 Å². The summed E-state index contributed by atoms with van der Waals surface area (Å²) in [4.78, 5) is 20.6. The molecule has 2 aromatic heterocycles. The van der Waals surface area contributed by atoms with Gasteiger partial charge < -0.3 is 15.6 Å². The summed E-state index contributed by atoms with van der Waals surface area (Å²) < 4.78 is 27.8. The molecule has 0 spiro atoms. The van der Waals surface area contributed by atoms with Crippen LogP contribution in [0.25, 0.3) is 10.9 Å². The average Bonchev–Trinajstić information content (AvgIpc) is 3.19. The van der Waals surface area contributed by atoms with E-state index >= 15 is 0 Å². The first-order valence-corrected chi connectivity index (χ1v) is 11.1. The molecule has 174 valence electrons. The van der Waals surface area contributed by atoms with E-state index in [0.717, 1.165) is 27.9 Å². The second-order valence-corrected chi connectivity index (χ2v) is 8.20. The number of rotatable bonds is 6. The number of fused-ring (bicyclic) bond motifs is 1. The zero-order valence-electron chi connectivity index (χ0n) is 18.8. The van der Waals surface area contributed by atoms with Crippen LogP contribution < -0.4 is 10.6 Å². The lowest BCUT2D eigenvalue weighted by Crippen LogP contribution is -2.15. The number of carbonyl (C=O) groups is 1. The van der Waals surface area contributed by atoms with Crippen LogP contribution in [0.3, 0.4) is 0 Å². The van der Waals surface area contributed by atoms with Crippen molar-refractivity contribution in [1.29, 1.82) is 0 Å². The number of aryl methyl sites for hydroxylation is 1. The molecule has 0 unspecified atom stereocenters. The Bertz CT molecular complexity index is 1500. The van der Waals surface area contributed by atoms with Crippen LogP contribution in [0.5, 0.6) is 0 Å². The zero-order chi connectivity index (χ0) is 24.4. The number of hydrogen-bond donors (Lipinski definition) is 3. The zero-order valence-corrected chi connectivity index (χ0v) is 18.8. The number of carbonyl (C=O) groups excluding carboxylic acids is 1. The number of halogens is 2. The fourth-order valence-corrected chi connectivity index (χ4v) is 4.18. The summed E-state index contributed by atoms with van der Waals surface area (Å²) >= 11 is 0. The number of benzene rings is 3. The van der Waals surface area contributed by atoms with Gasteiger partial charge in [0.1, 0.15) is 11.6 Å². The van der Waals surface area contributed by atoms with Crippen LogP contribution in [0.1, 0.15) is 33.4 Å². The highest BCUT2D eigenvalue weighted by molar-refractivity contribution is 6.05. The van der Waals surface area contributed by atoms with E-state index in [2.05, 4.69) is 20.6 Å². The molecule has 3 N–H and O–H groups in total. The Balaban J connectivity index is 1.56. The smallest absolute Gasteiger partial charge is 0.255 e. The van der Waals surface area contributed by atoms with Crippen molar-refractivity contribution < 1.29 is 13.6 Å². The third-order valence-corrected chi connectivity index (χ3v) is 5.85. The van der Waals surface area contributed by atoms with Gasteiger partial charge in [0, 0.05) is 39.6 Å². The third kappa shape index (κ3) is 4.61. The molecule has 5 rings (SSSR count). The van der Waals surface area contributed by atoms with Crippen LogP contribution in [0.15, 0.2) is 91.1 Å². The topological polar surface area (TPSA) is 69.8 Å². The molecule has 0 saturated heterocycles. The third-order valence-electron chi connectivity index (χ3n) is 5.85. The highest BCUT2D eigenvalue weighted by atomic mass is 19.1. The number of anilines is 2. The summed E-state index contributed by atoms with van der Waals surface area (Å²) in [6.45, 7) is 1.95. The first kappa shape index (κ1) is 22.3. The Morgan fingerprint density at radius 2 is 1.71 bits per heavy atom. The second kappa shape index (κ2) is 9.38. The number of pyridine rings is 1. The summed E-state index contributed by atoms with van der Waals surface area (Å²) in [5.41, 5.74) is 4.66. The van der Waals surface area contributed by atoms with E-state index in [1.165, 1.54) is 30.3 Å². The summed E-state index contributed by atoms with van der Waals surface area (Å²) in [5, 5.41) is 7.04. The van der Waals surface area contributed by atoms with Crippen molar-refractivity contribution in [1.82, 2.24) is 9.97 Å². The second-order valence-electron chi connectivity index (χ2n) is 8.20. The molecule has 1 amide bonds. The van der Waals surface area contributed by atoms with Gasteiger partial charge in [0.05, 0.1) is 17.4 Å². The maximum atomic E-state index is 14.6. The molecular formula is C28H22F2N4O. The lowest BCUT2D eigenvalue weighted by atomic mass is 9.98.